The van der Waals surface area contributed by atoms with Gasteiger partial charge in [0.15, 0.2) is 0 Å². The lowest BCUT2D eigenvalue weighted by Gasteiger charge is -2.24. The van der Waals surface area contributed by atoms with E-state index in [1.165, 1.54) is 0 Å². The van der Waals surface area contributed by atoms with Gasteiger partial charge in [-0.25, -0.2) is 0 Å². The van der Waals surface area contributed by atoms with E-state index in [4.69, 9.17) is 15.2 Å². The lowest BCUT2D eigenvalue weighted by Crippen LogP contribution is -2.40. The monoisotopic (exact) mass is 353 g/mol. The first kappa shape index (κ1) is 19.1. The molecule has 6 nitrogen and oxygen atoms in total. The number of anilines is 1. The normalized spacial score (nSPS) is 10.7. The summed E-state index contributed by atoms with van der Waals surface area (Å²) in [5.41, 5.74) is 6.56. The number of hydrogen-bond donors (Lipinski definition) is 2. The van der Waals surface area contributed by atoms with E-state index in [-0.39, 0.29) is 18.1 Å². The molecular weight excluding hydrogens is 330 g/mol. The van der Waals surface area contributed by atoms with Gasteiger partial charge in [0, 0.05) is 6.54 Å². The number of rotatable bonds is 7. The van der Waals surface area contributed by atoms with Gasteiger partial charge < -0.3 is 20.5 Å². The SMILES string of the molecule is COc1cccc(CNC(=O)C(C)(C)COc2cccc(N)c2C#N)c1. The number of benzene rings is 2. The van der Waals surface area contributed by atoms with Crippen molar-refractivity contribution in [2.24, 2.45) is 5.41 Å². The standard InChI is InChI=1S/C20H23N3O3/c1-20(2,13-26-18-9-5-8-17(22)16(18)11-21)19(24)23-12-14-6-4-7-15(10-14)25-3/h4-10H,12-13,22H2,1-3H3,(H,23,24). The summed E-state index contributed by atoms with van der Waals surface area (Å²) in [6.07, 6.45) is 0. The van der Waals surface area contributed by atoms with Crippen LogP contribution in [0.2, 0.25) is 0 Å². The van der Waals surface area contributed by atoms with Crippen LogP contribution in [0.5, 0.6) is 11.5 Å². The van der Waals surface area contributed by atoms with Crippen molar-refractivity contribution in [1.82, 2.24) is 5.32 Å². The van der Waals surface area contributed by atoms with Gasteiger partial charge >= 0.3 is 0 Å². The third-order valence-corrected chi connectivity index (χ3v) is 3.96. The van der Waals surface area contributed by atoms with Crippen LogP contribution < -0.4 is 20.5 Å². The lowest BCUT2D eigenvalue weighted by atomic mass is 9.93. The molecule has 0 aromatic heterocycles. The molecule has 0 saturated carbocycles. The van der Waals surface area contributed by atoms with Gasteiger partial charge in [0.05, 0.1) is 18.2 Å². The molecule has 0 unspecified atom stereocenters. The van der Waals surface area contributed by atoms with Crippen LogP contribution in [0, 0.1) is 16.7 Å². The zero-order chi connectivity index (χ0) is 19.2. The summed E-state index contributed by atoms with van der Waals surface area (Å²) in [5, 5.41) is 12.1. The molecule has 0 radical (unpaired) electrons. The number of carbonyl (C=O) groups is 1. The highest BCUT2D eigenvalue weighted by Crippen LogP contribution is 2.26. The van der Waals surface area contributed by atoms with Gasteiger partial charge in [0.25, 0.3) is 0 Å². The summed E-state index contributed by atoms with van der Waals surface area (Å²) in [6, 6.07) is 14.5. The Hall–Kier alpha value is -3.20. The maximum atomic E-state index is 12.5. The molecule has 0 spiro atoms. The van der Waals surface area contributed by atoms with Crippen LogP contribution in [0.1, 0.15) is 25.0 Å². The van der Waals surface area contributed by atoms with Gasteiger partial charge in [-0.15, -0.1) is 0 Å². The van der Waals surface area contributed by atoms with E-state index in [1.807, 2.05) is 30.3 Å². The Balaban J connectivity index is 1.97. The minimum absolute atomic E-state index is 0.120. The van der Waals surface area contributed by atoms with Gasteiger partial charge in [0.1, 0.15) is 29.7 Å². The Kier molecular flexibility index (Phi) is 6.07. The minimum Gasteiger partial charge on any atom is -0.497 e. The van der Waals surface area contributed by atoms with Gasteiger partial charge in [0.2, 0.25) is 5.91 Å². The van der Waals surface area contributed by atoms with Crippen molar-refractivity contribution in [3.05, 3.63) is 53.6 Å². The fraction of sp³-hybridized carbons (Fsp3) is 0.300. The van der Waals surface area contributed by atoms with Crippen molar-refractivity contribution in [3.8, 4) is 17.6 Å². The van der Waals surface area contributed by atoms with Crippen molar-refractivity contribution in [2.45, 2.75) is 20.4 Å². The van der Waals surface area contributed by atoms with E-state index in [0.29, 0.717) is 18.0 Å². The molecule has 0 fully saturated rings. The molecule has 26 heavy (non-hydrogen) atoms. The average Bonchev–Trinajstić information content (AvgIpc) is 2.64. The van der Waals surface area contributed by atoms with Crippen LogP contribution >= 0.6 is 0 Å². The van der Waals surface area contributed by atoms with Gasteiger partial charge in [-0.2, -0.15) is 5.26 Å². The first-order valence-electron chi connectivity index (χ1n) is 8.20. The number of nitrogens with one attached hydrogen (secondary N) is 1. The molecule has 0 aliphatic rings. The summed E-state index contributed by atoms with van der Waals surface area (Å²) in [5.74, 6) is 0.967. The maximum absolute atomic E-state index is 12.5. The van der Waals surface area contributed by atoms with Crippen molar-refractivity contribution in [3.63, 3.8) is 0 Å². The van der Waals surface area contributed by atoms with E-state index in [1.54, 1.807) is 39.2 Å². The number of carbonyl (C=O) groups excluding carboxylic acids is 1. The Morgan fingerprint density at radius 2 is 2.00 bits per heavy atom. The summed E-state index contributed by atoms with van der Waals surface area (Å²) < 4.78 is 10.9. The molecule has 2 rings (SSSR count). The zero-order valence-electron chi connectivity index (χ0n) is 15.2. The summed E-state index contributed by atoms with van der Waals surface area (Å²) in [7, 11) is 1.60. The molecule has 3 N–H and O–H groups in total. The fourth-order valence-corrected chi connectivity index (χ4v) is 2.32. The predicted octanol–water partition coefficient (Wildman–Crippen LogP) is 2.87. The molecular formula is C20H23N3O3. The number of amides is 1. The van der Waals surface area contributed by atoms with E-state index < -0.39 is 5.41 Å². The third kappa shape index (κ3) is 4.67. The van der Waals surface area contributed by atoms with E-state index >= 15 is 0 Å². The Morgan fingerprint density at radius 3 is 2.69 bits per heavy atom. The Bertz CT molecular complexity index is 825. The highest BCUT2D eigenvalue weighted by molar-refractivity contribution is 5.82. The number of nitrogens with two attached hydrogens (primary N) is 1. The van der Waals surface area contributed by atoms with Crippen LogP contribution in [-0.2, 0) is 11.3 Å². The highest BCUT2D eigenvalue weighted by atomic mass is 16.5. The van der Waals surface area contributed by atoms with Crippen LogP contribution in [0.4, 0.5) is 5.69 Å². The van der Waals surface area contributed by atoms with E-state index in [9.17, 15) is 10.1 Å². The predicted molar refractivity (Wildman–Crippen MR) is 99.7 cm³/mol. The highest BCUT2D eigenvalue weighted by Gasteiger charge is 2.29. The van der Waals surface area contributed by atoms with Crippen LogP contribution in [-0.4, -0.2) is 19.6 Å². The minimum atomic E-state index is -0.782. The first-order chi connectivity index (χ1) is 12.4. The molecule has 0 saturated heterocycles. The summed E-state index contributed by atoms with van der Waals surface area (Å²) in [6.45, 7) is 4.08. The molecule has 2 aromatic carbocycles. The Labute approximate surface area is 153 Å². The second kappa shape index (κ2) is 8.26. The number of nitrogen functional groups attached to an aromatic ring is 1. The molecule has 0 aliphatic heterocycles. The van der Waals surface area contributed by atoms with Crippen LogP contribution in [0.3, 0.4) is 0 Å². The second-order valence-electron chi connectivity index (χ2n) is 6.54. The van der Waals surface area contributed by atoms with Crippen molar-refractivity contribution < 1.29 is 14.3 Å². The molecule has 6 heteroatoms. The molecule has 0 heterocycles. The topological polar surface area (TPSA) is 97.4 Å². The van der Waals surface area contributed by atoms with E-state index in [2.05, 4.69) is 5.32 Å². The van der Waals surface area contributed by atoms with Crippen LogP contribution in [0.25, 0.3) is 0 Å². The lowest BCUT2D eigenvalue weighted by molar-refractivity contribution is -0.131. The van der Waals surface area contributed by atoms with Crippen molar-refractivity contribution in [1.29, 1.82) is 5.26 Å². The summed E-state index contributed by atoms with van der Waals surface area (Å²) in [4.78, 5) is 12.5. The number of nitriles is 1. The zero-order valence-corrected chi connectivity index (χ0v) is 15.2. The van der Waals surface area contributed by atoms with Crippen LogP contribution in [0.15, 0.2) is 42.5 Å². The second-order valence-corrected chi connectivity index (χ2v) is 6.54. The largest absolute Gasteiger partial charge is 0.497 e. The van der Waals surface area contributed by atoms with Gasteiger partial charge in [-0.1, -0.05) is 18.2 Å². The number of nitrogens with zero attached hydrogens (tertiary/aromatic N) is 1. The average molecular weight is 353 g/mol. The summed E-state index contributed by atoms with van der Waals surface area (Å²) >= 11 is 0. The van der Waals surface area contributed by atoms with Crippen molar-refractivity contribution >= 4 is 11.6 Å². The quantitative estimate of drug-likeness (QED) is 0.746. The smallest absolute Gasteiger partial charge is 0.229 e. The molecule has 136 valence electrons. The van der Waals surface area contributed by atoms with Gasteiger partial charge in [-0.3, -0.25) is 4.79 Å². The first-order valence-corrected chi connectivity index (χ1v) is 8.20. The third-order valence-electron chi connectivity index (χ3n) is 3.96. The number of hydrogen-bond acceptors (Lipinski definition) is 5. The molecule has 2 aromatic rings. The molecule has 0 atom stereocenters. The van der Waals surface area contributed by atoms with E-state index in [0.717, 1.165) is 11.3 Å². The molecule has 0 bridgehead atoms. The maximum Gasteiger partial charge on any atom is 0.229 e. The van der Waals surface area contributed by atoms with Gasteiger partial charge in [-0.05, 0) is 43.7 Å². The van der Waals surface area contributed by atoms with Crippen molar-refractivity contribution in [2.75, 3.05) is 19.5 Å². The number of ether oxygens (including phenoxy) is 2. The Morgan fingerprint density at radius 1 is 1.27 bits per heavy atom. The molecule has 1 amide bonds. The molecule has 0 aliphatic carbocycles. The number of methoxy groups -OCH3 is 1. The fourth-order valence-electron chi connectivity index (χ4n) is 2.32.